The van der Waals surface area contributed by atoms with Gasteiger partial charge in [-0.2, -0.15) is 15.1 Å². The number of carbonyl (C=O) groups is 1. The molecule has 1 aliphatic heterocycles. The van der Waals surface area contributed by atoms with Gasteiger partial charge in [-0.25, -0.2) is 9.55 Å². The number of carbonyl (C=O) groups excluding carboxylic acids is 1. The minimum atomic E-state index is -4.27. The van der Waals surface area contributed by atoms with Crippen LogP contribution in [0.2, 0.25) is 5.28 Å². The Labute approximate surface area is 229 Å². The topological polar surface area (TPSA) is 173 Å². The fourth-order valence-electron chi connectivity index (χ4n) is 3.86. The third-order valence-electron chi connectivity index (χ3n) is 5.76. The van der Waals surface area contributed by atoms with Crippen LogP contribution in [0, 0.1) is 12.3 Å². The monoisotopic (exact) mass is 578 g/mol. The Kier molecular flexibility index (Phi) is 8.46. The van der Waals surface area contributed by atoms with Gasteiger partial charge >= 0.3 is 13.7 Å². The molecule has 0 radical (unpaired) electrons. The number of nitrogen functional groups attached to an aromatic ring is 1. The van der Waals surface area contributed by atoms with E-state index in [1.165, 1.54) is 17.8 Å². The number of benzene rings is 1. The summed E-state index contributed by atoms with van der Waals surface area (Å²) in [7, 11) is -4.27. The molecule has 15 heteroatoms. The van der Waals surface area contributed by atoms with Crippen LogP contribution in [-0.2, 0) is 23.4 Å². The maximum absolute atomic E-state index is 13.8. The van der Waals surface area contributed by atoms with Gasteiger partial charge in [-0.05, 0) is 44.5 Å². The van der Waals surface area contributed by atoms with E-state index in [0.29, 0.717) is 5.52 Å². The minimum absolute atomic E-state index is 0.00887. The molecule has 1 aromatic carbocycles. The number of nitrogens with two attached hydrogens (primary N) is 1. The zero-order chi connectivity index (χ0) is 28.4. The Balaban J connectivity index is 1.57. The molecule has 0 amide bonds. The lowest BCUT2D eigenvalue weighted by Gasteiger charge is -2.29. The highest BCUT2D eigenvalue weighted by Crippen LogP contribution is 2.48. The highest BCUT2D eigenvalue weighted by Gasteiger charge is 2.50. The number of esters is 1. The summed E-state index contributed by atoms with van der Waals surface area (Å²) in [5.41, 5.74) is 4.70. The number of anilines is 1. The average molecular weight is 579 g/mol. The first kappa shape index (κ1) is 28.8. The number of fused-ring (bicyclic) bond motifs is 1. The van der Waals surface area contributed by atoms with Gasteiger partial charge in [0.1, 0.15) is 36.2 Å². The normalized spacial score (nSPS) is 23.3. The number of aliphatic hydroxyl groups is 1. The molecule has 4 N–H and O–H groups in total. The predicted octanol–water partition coefficient (Wildman–Crippen LogP) is 2.85. The first-order valence-corrected chi connectivity index (χ1v) is 13.8. The van der Waals surface area contributed by atoms with Crippen molar-refractivity contribution in [3.8, 4) is 18.1 Å². The Morgan fingerprint density at radius 1 is 1.38 bits per heavy atom. The maximum atomic E-state index is 13.8. The van der Waals surface area contributed by atoms with E-state index >= 15 is 0 Å². The van der Waals surface area contributed by atoms with Gasteiger partial charge in [-0.15, -0.1) is 6.42 Å². The van der Waals surface area contributed by atoms with Gasteiger partial charge in [-0.3, -0.25) is 13.9 Å². The second kappa shape index (κ2) is 11.5. The number of terminal acetylenes is 1. The molecule has 1 fully saturated rings. The fraction of sp³-hybridized carbons (Fsp3) is 0.417. The van der Waals surface area contributed by atoms with Crippen molar-refractivity contribution in [3.63, 3.8) is 0 Å². The number of para-hydroxylation sites is 1. The van der Waals surface area contributed by atoms with Crippen molar-refractivity contribution in [2.45, 2.75) is 57.3 Å². The smallest absolute Gasteiger partial charge is 0.459 e. The van der Waals surface area contributed by atoms with Gasteiger partial charge in [0.05, 0.1) is 12.4 Å². The third kappa shape index (κ3) is 6.33. The van der Waals surface area contributed by atoms with E-state index in [9.17, 15) is 14.5 Å². The second-order valence-corrected chi connectivity index (χ2v) is 11.1. The highest BCUT2D eigenvalue weighted by molar-refractivity contribution is 7.52. The Morgan fingerprint density at radius 2 is 2.10 bits per heavy atom. The van der Waals surface area contributed by atoms with Crippen molar-refractivity contribution in [3.05, 3.63) is 41.9 Å². The number of nitrogens with one attached hydrogen (secondary N) is 1. The zero-order valence-electron chi connectivity index (χ0n) is 21.4. The summed E-state index contributed by atoms with van der Waals surface area (Å²) in [6.07, 6.45) is 4.71. The van der Waals surface area contributed by atoms with Gasteiger partial charge in [0.2, 0.25) is 5.28 Å². The van der Waals surface area contributed by atoms with Crippen LogP contribution in [0.1, 0.15) is 33.4 Å². The number of hydrogen-bond acceptors (Lipinski definition) is 11. The molecule has 3 heterocycles. The standard InChI is InChI=1S/C24H28ClN6O7P/c1-5-24(17(32)11-18(37-24)31-13-27-19-20(26)28-23(25)29-21(19)31)12-35-39(34,38-16-9-7-6-8-10-16)30-15(4)22(33)36-14(2)3/h1,6-10,13-15,17-18,32H,11-12H2,2-4H3,(H,30,34)(H2,26,28,29)/t15-,17+,18-,24-,39?/m1/s1. The van der Waals surface area contributed by atoms with Gasteiger partial charge in [0.15, 0.2) is 17.1 Å². The van der Waals surface area contributed by atoms with Crippen LogP contribution in [-0.4, -0.2) is 61.1 Å². The summed E-state index contributed by atoms with van der Waals surface area (Å²) in [5.74, 6) is 2.03. The van der Waals surface area contributed by atoms with Crippen molar-refractivity contribution >= 4 is 42.3 Å². The van der Waals surface area contributed by atoms with Crippen molar-refractivity contribution in [2.24, 2.45) is 0 Å². The van der Waals surface area contributed by atoms with Crippen LogP contribution in [0.4, 0.5) is 5.82 Å². The first-order chi connectivity index (χ1) is 18.4. The molecule has 1 saturated heterocycles. The minimum Gasteiger partial charge on any atom is -0.462 e. The number of hydrogen-bond donors (Lipinski definition) is 3. The highest BCUT2D eigenvalue weighted by atomic mass is 35.5. The fourth-order valence-corrected chi connectivity index (χ4v) is 5.55. The largest absolute Gasteiger partial charge is 0.462 e. The molecule has 1 unspecified atom stereocenters. The number of aliphatic hydroxyl groups excluding tert-OH is 1. The number of aromatic nitrogens is 4. The number of halogens is 1. The first-order valence-electron chi connectivity index (χ1n) is 11.9. The average Bonchev–Trinajstić information content (AvgIpc) is 3.44. The summed E-state index contributed by atoms with van der Waals surface area (Å²) in [6, 6.07) is 7.14. The van der Waals surface area contributed by atoms with E-state index in [1.807, 2.05) is 0 Å². The number of ether oxygens (including phenoxy) is 2. The van der Waals surface area contributed by atoms with Crippen LogP contribution in [0.3, 0.4) is 0 Å². The molecule has 1 aliphatic rings. The van der Waals surface area contributed by atoms with Crippen molar-refractivity contribution in [2.75, 3.05) is 12.3 Å². The van der Waals surface area contributed by atoms with Crippen molar-refractivity contribution in [1.82, 2.24) is 24.6 Å². The second-order valence-electron chi connectivity index (χ2n) is 9.07. The summed E-state index contributed by atoms with van der Waals surface area (Å²) in [4.78, 5) is 24.6. The van der Waals surface area contributed by atoms with Gasteiger partial charge in [0, 0.05) is 6.42 Å². The lowest BCUT2D eigenvalue weighted by molar-refractivity contribution is -0.149. The van der Waals surface area contributed by atoms with Crippen LogP contribution < -0.4 is 15.3 Å². The van der Waals surface area contributed by atoms with Crippen LogP contribution in [0.25, 0.3) is 11.2 Å². The van der Waals surface area contributed by atoms with Gasteiger partial charge in [0.25, 0.3) is 0 Å². The SMILES string of the molecule is C#C[C@]1(COP(=O)(N[C@H](C)C(=O)OC(C)C)Oc2ccccc2)O[C@@H](n2cnc3c(N)nc(Cl)nc32)C[C@@H]1O. The molecule has 4 rings (SSSR count). The molecule has 2 aromatic heterocycles. The number of rotatable bonds is 10. The summed E-state index contributed by atoms with van der Waals surface area (Å²) < 4.78 is 37.9. The zero-order valence-corrected chi connectivity index (χ0v) is 23.0. The molecular formula is C24H28ClN6O7P. The van der Waals surface area contributed by atoms with E-state index < -0.39 is 50.4 Å². The Hall–Kier alpha value is -3.24. The summed E-state index contributed by atoms with van der Waals surface area (Å²) >= 11 is 5.96. The molecule has 0 saturated carbocycles. The van der Waals surface area contributed by atoms with E-state index in [2.05, 4.69) is 26.0 Å². The lowest BCUT2D eigenvalue weighted by Crippen LogP contribution is -2.44. The van der Waals surface area contributed by atoms with Crippen LogP contribution >= 0.6 is 19.3 Å². The molecule has 0 aliphatic carbocycles. The van der Waals surface area contributed by atoms with Crippen LogP contribution in [0.15, 0.2) is 36.7 Å². The molecule has 13 nitrogen and oxygen atoms in total. The van der Waals surface area contributed by atoms with Crippen molar-refractivity contribution in [1.29, 1.82) is 0 Å². The predicted molar refractivity (Wildman–Crippen MR) is 142 cm³/mol. The molecule has 3 aromatic rings. The third-order valence-corrected chi connectivity index (χ3v) is 7.55. The van der Waals surface area contributed by atoms with Crippen LogP contribution in [0.5, 0.6) is 5.75 Å². The Morgan fingerprint density at radius 3 is 2.77 bits per heavy atom. The van der Waals surface area contributed by atoms with Crippen molar-refractivity contribution < 1.29 is 33.0 Å². The number of nitrogens with zero attached hydrogens (tertiary/aromatic N) is 4. The van der Waals surface area contributed by atoms with E-state index in [0.717, 1.165) is 0 Å². The molecular weight excluding hydrogens is 551 g/mol. The maximum Gasteiger partial charge on any atom is 0.459 e. The molecule has 5 atom stereocenters. The van der Waals surface area contributed by atoms with Gasteiger partial charge < -0.3 is 24.8 Å². The molecule has 0 bridgehead atoms. The van der Waals surface area contributed by atoms with E-state index in [1.54, 1.807) is 44.2 Å². The number of imidazole rings is 1. The van der Waals surface area contributed by atoms with Gasteiger partial charge in [-0.1, -0.05) is 24.1 Å². The molecule has 208 valence electrons. The molecule has 39 heavy (non-hydrogen) atoms. The molecule has 0 spiro atoms. The van der Waals surface area contributed by atoms with E-state index in [4.69, 9.17) is 42.3 Å². The van der Waals surface area contributed by atoms with E-state index in [-0.39, 0.29) is 28.9 Å². The summed E-state index contributed by atoms with van der Waals surface area (Å²) in [5, 5.41) is 13.4. The summed E-state index contributed by atoms with van der Waals surface area (Å²) in [6.45, 7) is 4.26. The quantitative estimate of drug-likeness (QED) is 0.139. The Bertz CT molecular complexity index is 1430. The lowest BCUT2D eigenvalue weighted by atomic mass is 9.99.